The van der Waals surface area contributed by atoms with E-state index in [-0.39, 0.29) is 0 Å². The van der Waals surface area contributed by atoms with Crippen LogP contribution in [0.1, 0.15) is 36.5 Å². The van der Waals surface area contributed by atoms with Crippen LogP contribution in [0, 0.1) is 18.3 Å². The van der Waals surface area contributed by atoms with E-state index in [1.807, 2.05) is 37.5 Å². The number of benzene rings is 3. The molecule has 0 saturated heterocycles. The molecule has 2 aromatic heterocycles. The topological polar surface area (TPSA) is 40.8 Å². The highest BCUT2D eigenvalue weighted by Crippen LogP contribution is 2.42. The van der Waals surface area contributed by atoms with Crippen LogP contribution < -0.4 is 4.57 Å². The molecule has 32 heavy (non-hydrogen) atoms. The summed E-state index contributed by atoms with van der Waals surface area (Å²) in [6, 6.07) is 25.4. The van der Waals surface area contributed by atoms with Crippen molar-refractivity contribution in [3.63, 3.8) is 0 Å². The molecule has 0 radical (unpaired) electrons. The second-order valence-electron chi connectivity index (χ2n) is 8.69. The van der Waals surface area contributed by atoms with Gasteiger partial charge in [-0.1, -0.05) is 56.3 Å². The Bertz CT molecular complexity index is 1520. The first-order chi connectivity index (χ1) is 15.5. The van der Waals surface area contributed by atoms with Crippen LogP contribution in [0.5, 0.6) is 0 Å². The normalized spacial score (nSPS) is 11.4. The van der Waals surface area contributed by atoms with Gasteiger partial charge in [0.25, 0.3) is 0 Å². The van der Waals surface area contributed by atoms with E-state index < -0.39 is 0 Å². The van der Waals surface area contributed by atoms with Crippen molar-refractivity contribution in [2.24, 2.45) is 7.05 Å². The molecule has 0 bridgehead atoms. The number of nitriles is 1. The van der Waals surface area contributed by atoms with Crippen LogP contribution >= 0.6 is 0 Å². The summed E-state index contributed by atoms with van der Waals surface area (Å²) in [6.07, 6.45) is 2.04. The van der Waals surface area contributed by atoms with Crippen molar-refractivity contribution < 1.29 is 8.98 Å². The molecule has 0 amide bonds. The maximum atomic E-state index is 9.79. The van der Waals surface area contributed by atoms with Crippen LogP contribution in [0.4, 0.5) is 0 Å². The van der Waals surface area contributed by atoms with Gasteiger partial charge in [-0.2, -0.15) is 5.26 Å². The van der Waals surface area contributed by atoms with Gasteiger partial charge in [-0.3, -0.25) is 0 Å². The molecule has 2 heterocycles. The van der Waals surface area contributed by atoms with Gasteiger partial charge in [0, 0.05) is 22.9 Å². The number of nitrogens with zero attached hydrogens (tertiary/aromatic N) is 2. The lowest BCUT2D eigenvalue weighted by atomic mass is 9.93. The van der Waals surface area contributed by atoms with Gasteiger partial charge in [-0.05, 0) is 47.2 Å². The van der Waals surface area contributed by atoms with Crippen molar-refractivity contribution in [2.75, 3.05) is 0 Å². The molecule has 0 unspecified atom stereocenters. The van der Waals surface area contributed by atoms with Gasteiger partial charge in [0.2, 0.25) is 5.69 Å². The predicted molar refractivity (Wildman–Crippen MR) is 129 cm³/mol. The Kier molecular flexibility index (Phi) is 4.79. The predicted octanol–water partition coefficient (Wildman–Crippen LogP) is 7.05. The first-order valence-electron chi connectivity index (χ1n) is 10.9. The second kappa shape index (κ2) is 7.66. The molecule has 0 saturated carbocycles. The highest BCUT2D eigenvalue weighted by atomic mass is 16.3. The fourth-order valence-electron chi connectivity index (χ4n) is 4.52. The quantitative estimate of drug-likeness (QED) is 0.295. The molecule has 0 aliphatic rings. The minimum atomic E-state index is 0.483. The third kappa shape index (κ3) is 3.08. The highest BCUT2D eigenvalue weighted by molar-refractivity contribution is 6.16. The number of fused-ring (bicyclic) bond motifs is 3. The fraction of sp³-hybridized carbons (Fsp3) is 0.172. The molecular weight excluding hydrogens is 392 g/mol. The van der Waals surface area contributed by atoms with Crippen LogP contribution in [0.15, 0.2) is 77.3 Å². The van der Waals surface area contributed by atoms with E-state index >= 15 is 0 Å². The Morgan fingerprint density at radius 2 is 1.69 bits per heavy atom. The number of pyridine rings is 1. The van der Waals surface area contributed by atoms with Crippen LogP contribution in [0.3, 0.4) is 0 Å². The number of aromatic nitrogens is 1. The van der Waals surface area contributed by atoms with Gasteiger partial charge in [0.1, 0.15) is 18.7 Å². The molecule has 5 rings (SSSR count). The maximum Gasteiger partial charge on any atom is 0.216 e. The van der Waals surface area contributed by atoms with Gasteiger partial charge >= 0.3 is 0 Å². The summed E-state index contributed by atoms with van der Waals surface area (Å²) in [5.74, 6) is 0.483. The van der Waals surface area contributed by atoms with Crippen molar-refractivity contribution in [3.8, 4) is 28.5 Å². The summed E-state index contributed by atoms with van der Waals surface area (Å²) in [5.41, 5.74) is 8.83. The Morgan fingerprint density at radius 1 is 0.906 bits per heavy atom. The zero-order chi connectivity index (χ0) is 22.4. The van der Waals surface area contributed by atoms with Crippen molar-refractivity contribution >= 4 is 21.9 Å². The van der Waals surface area contributed by atoms with E-state index in [4.69, 9.17) is 4.42 Å². The number of aryl methyl sites for hydroxylation is 2. The molecule has 0 aliphatic heterocycles. The molecule has 3 nitrogen and oxygen atoms in total. The van der Waals surface area contributed by atoms with E-state index in [0.29, 0.717) is 17.1 Å². The molecule has 156 valence electrons. The van der Waals surface area contributed by atoms with Crippen molar-refractivity contribution in [1.82, 2.24) is 0 Å². The average Bonchev–Trinajstić information content (AvgIpc) is 3.19. The minimum absolute atomic E-state index is 0.483. The number of furan rings is 1. The monoisotopic (exact) mass is 417 g/mol. The van der Waals surface area contributed by atoms with Crippen LogP contribution in [0.2, 0.25) is 0 Å². The Labute approximate surface area is 188 Å². The van der Waals surface area contributed by atoms with Crippen LogP contribution in [-0.2, 0) is 7.05 Å². The molecule has 0 atom stereocenters. The number of hydrogen-bond acceptors (Lipinski definition) is 2. The van der Waals surface area contributed by atoms with Crippen LogP contribution in [-0.4, -0.2) is 0 Å². The first-order valence-corrected chi connectivity index (χ1v) is 10.9. The average molecular weight is 418 g/mol. The highest BCUT2D eigenvalue weighted by Gasteiger charge is 2.23. The minimum Gasteiger partial charge on any atom is -0.454 e. The van der Waals surface area contributed by atoms with Gasteiger partial charge in [-0.15, -0.1) is 0 Å². The lowest BCUT2D eigenvalue weighted by molar-refractivity contribution is -0.660. The summed E-state index contributed by atoms with van der Waals surface area (Å²) in [6.45, 7) is 6.50. The fourth-order valence-corrected chi connectivity index (χ4v) is 4.52. The van der Waals surface area contributed by atoms with Crippen molar-refractivity contribution in [2.45, 2.75) is 26.7 Å². The van der Waals surface area contributed by atoms with E-state index in [2.05, 4.69) is 73.9 Å². The number of hydrogen-bond donors (Lipinski definition) is 0. The van der Waals surface area contributed by atoms with Gasteiger partial charge in [-0.25, -0.2) is 4.57 Å². The molecule has 3 heteroatoms. The molecule has 0 aliphatic carbocycles. The molecule has 0 spiro atoms. The van der Waals surface area contributed by atoms with Crippen LogP contribution in [0.25, 0.3) is 44.3 Å². The zero-order valence-corrected chi connectivity index (χ0v) is 18.8. The van der Waals surface area contributed by atoms with Gasteiger partial charge < -0.3 is 4.42 Å². The summed E-state index contributed by atoms with van der Waals surface area (Å²) in [7, 11) is 2.04. The van der Waals surface area contributed by atoms with E-state index in [0.717, 1.165) is 44.3 Å². The SMILES string of the molecule is Cc1ccc2c(oc3c(C#N)ccc(-c4ccc(C(C)C)cc4)c32)c1-c1cccc[n+]1C. The third-order valence-electron chi connectivity index (χ3n) is 6.32. The molecule has 0 N–H and O–H groups in total. The standard InChI is InChI=1S/C29H25N2O/c1-18(2)20-9-11-21(12-10-20)23-15-13-22(17-30)28-27(23)24-14-8-19(3)26(29(24)32-28)25-7-5-6-16-31(25)4/h5-16,18H,1-4H3/q+1. The molecule has 0 fully saturated rings. The first kappa shape index (κ1) is 20.0. The lowest BCUT2D eigenvalue weighted by Crippen LogP contribution is -2.30. The van der Waals surface area contributed by atoms with Gasteiger partial charge in [0.05, 0.1) is 11.1 Å². The summed E-state index contributed by atoms with van der Waals surface area (Å²) < 4.78 is 8.59. The van der Waals surface area contributed by atoms with Crippen molar-refractivity contribution in [3.05, 3.63) is 89.6 Å². The maximum absolute atomic E-state index is 9.79. The third-order valence-corrected chi connectivity index (χ3v) is 6.32. The lowest BCUT2D eigenvalue weighted by Gasteiger charge is -2.09. The van der Waals surface area contributed by atoms with E-state index in [9.17, 15) is 5.26 Å². The molecular formula is C29H25N2O+. The Balaban J connectivity index is 1.87. The molecule has 5 aromatic rings. The summed E-state index contributed by atoms with van der Waals surface area (Å²) >= 11 is 0. The second-order valence-corrected chi connectivity index (χ2v) is 8.69. The largest absolute Gasteiger partial charge is 0.454 e. The number of rotatable bonds is 3. The zero-order valence-electron chi connectivity index (χ0n) is 18.8. The Hall–Kier alpha value is -3.90. The molecule has 3 aromatic carbocycles. The van der Waals surface area contributed by atoms with Crippen molar-refractivity contribution in [1.29, 1.82) is 5.26 Å². The summed E-state index contributed by atoms with van der Waals surface area (Å²) in [4.78, 5) is 0. The van der Waals surface area contributed by atoms with E-state index in [1.165, 1.54) is 5.56 Å². The Morgan fingerprint density at radius 3 is 2.38 bits per heavy atom. The van der Waals surface area contributed by atoms with Gasteiger partial charge in [0.15, 0.2) is 11.8 Å². The summed E-state index contributed by atoms with van der Waals surface area (Å²) in [5, 5.41) is 11.8. The smallest absolute Gasteiger partial charge is 0.216 e. The van der Waals surface area contributed by atoms with E-state index in [1.54, 1.807) is 0 Å².